The van der Waals surface area contributed by atoms with Crippen molar-refractivity contribution in [1.82, 2.24) is 14.9 Å². The fourth-order valence-electron chi connectivity index (χ4n) is 1.83. The second kappa shape index (κ2) is 5.10. The van der Waals surface area contributed by atoms with Crippen molar-refractivity contribution in [1.29, 1.82) is 0 Å². The largest absolute Gasteiger partial charge is 0.327 e. The number of aromatic nitrogens is 2. The minimum atomic E-state index is -0.202. The molecule has 4 heteroatoms. The van der Waals surface area contributed by atoms with Gasteiger partial charge in [-0.3, -0.25) is 0 Å². The molecule has 1 N–H and O–H groups in total. The SMILES string of the molecule is CNCc1cnc(C)n1Cc1ccc(F)cc1. The van der Waals surface area contributed by atoms with Crippen LogP contribution < -0.4 is 5.32 Å². The summed E-state index contributed by atoms with van der Waals surface area (Å²) in [4.78, 5) is 4.30. The number of imidazole rings is 1. The monoisotopic (exact) mass is 233 g/mol. The Hall–Kier alpha value is -1.68. The Bertz CT molecular complexity index is 488. The molecular formula is C13H16FN3. The van der Waals surface area contributed by atoms with Crippen LogP contribution in [-0.4, -0.2) is 16.6 Å². The first-order valence-electron chi connectivity index (χ1n) is 5.60. The molecule has 0 atom stereocenters. The van der Waals surface area contributed by atoms with Crippen molar-refractivity contribution in [2.75, 3.05) is 7.05 Å². The van der Waals surface area contributed by atoms with E-state index in [1.807, 2.05) is 20.2 Å². The van der Waals surface area contributed by atoms with E-state index in [4.69, 9.17) is 0 Å². The van der Waals surface area contributed by atoms with Gasteiger partial charge >= 0.3 is 0 Å². The van der Waals surface area contributed by atoms with Crippen LogP contribution in [0.15, 0.2) is 30.5 Å². The smallest absolute Gasteiger partial charge is 0.123 e. The van der Waals surface area contributed by atoms with E-state index in [0.29, 0.717) is 0 Å². The quantitative estimate of drug-likeness (QED) is 0.876. The number of aryl methyl sites for hydroxylation is 1. The van der Waals surface area contributed by atoms with Gasteiger partial charge in [0.15, 0.2) is 0 Å². The molecular weight excluding hydrogens is 217 g/mol. The van der Waals surface area contributed by atoms with Crippen molar-refractivity contribution < 1.29 is 4.39 Å². The third-order valence-corrected chi connectivity index (χ3v) is 2.75. The predicted molar refractivity (Wildman–Crippen MR) is 65.2 cm³/mol. The lowest BCUT2D eigenvalue weighted by molar-refractivity contribution is 0.625. The summed E-state index contributed by atoms with van der Waals surface area (Å²) >= 11 is 0. The van der Waals surface area contributed by atoms with Gasteiger partial charge in [-0.05, 0) is 31.7 Å². The van der Waals surface area contributed by atoms with Gasteiger partial charge in [-0.15, -0.1) is 0 Å². The van der Waals surface area contributed by atoms with Crippen LogP contribution in [0.25, 0.3) is 0 Å². The molecule has 0 aliphatic carbocycles. The average molecular weight is 233 g/mol. The van der Waals surface area contributed by atoms with Crippen LogP contribution in [0.4, 0.5) is 4.39 Å². The number of nitrogens with zero attached hydrogens (tertiary/aromatic N) is 2. The maximum Gasteiger partial charge on any atom is 0.123 e. The van der Waals surface area contributed by atoms with Crippen LogP contribution in [0.3, 0.4) is 0 Å². The zero-order valence-corrected chi connectivity index (χ0v) is 10.1. The molecule has 2 aromatic rings. The van der Waals surface area contributed by atoms with E-state index in [1.54, 1.807) is 12.1 Å². The van der Waals surface area contributed by atoms with E-state index >= 15 is 0 Å². The molecule has 2 rings (SSSR count). The molecule has 0 aliphatic heterocycles. The summed E-state index contributed by atoms with van der Waals surface area (Å²) < 4.78 is 14.9. The Balaban J connectivity index is 2.22. The van der Waals surface area contributed by atoms with Crippen LogP contribution in [0.5, 0.6) is 0 Å². The van der Waals surface area contributed by atoms with E-state index in [1.165, 1.54) is 12.1 Å². The second-order valence-electron chi connectivity index (χ2n) is 4.04. The van der Waals surface area contributed by atoms with Gasteiger partial charge in [-0.2, -0.15) is 0 Å². The Morgan fingerprint density at radius 1 is 1.29 bits per heavy atom. The summed E-state index contributed by atoms with van der Waals surface area (Å²) in [7, 11) is 1.91. The maximum absolute atomic E-state index is 12.8. The summed E-state index contributed by atoms with van der Waals surface area (Å²) in [6.45, 7) is 3.48. The first-order valence-corrected chi connectivity index (χ1v) is 5.60. The van der Waals surface area contributed by atoms with Crippen LogP contribution in [-0.2, 0) is 13.1 Å². The van der Waals surface area contributed by atoms with Crippen molar-refractivity contribution in [3.8, 4) is 0 Å². The summed E-state index contributed by atoms with van der Waals surface area (Å²) in [5.41, 5.74) is 2.21. The second-order valence-corrected chi connectivity index (χ2v) is 4.04. The number of benzene rings is 1. The van der Waals surface area contributed by atoms with E-state index in [2.05, 4.69) is 14.9 Å². The highest BCUT2D eigenvalue weighted by Crippen LogP contribution is 2.10. The van der Waals surface area contributed by atoms with Gasteiger partial charge in [0, 0.05) is 19.3 Å². The third-order valence-electron chi connectivity index (χ3n) is 2.75. The highest BCUT2D eigenvalue weighted by Gasteiger charge is 2.06. The van der Waals surface area contributed by atoms with Crippen LogP contribution in [0.2, 0.25) is 0 Å². The normalized spacial score (nSPS) is 10.8. The molecule has 0 spiro atoms. The third kappa shape index (κ3) is 2.71. The van der Waals surface area contributed by atoms with Crippen molar-refractivity contribution >= 4 is 0 Å². The summed E-state index contributed by atoms with van der Waals surface area (Å²) in [6.07, 6.45) is 1.87. The van der Waals surface area contributed by atoms with Crippen LogP contribution >= 0.6 is 0 Å². The molecule has 90 valence electrons. The van der Waals surface area contributed by atoms with E-state index < -0.39 is 0 Å². The van der Waals surface area contributed by atoms with E-state index in [0.717, 1.165) is 30.2 Å². The molecule has 0 aliphatic rings. The standard InChI is InChI=1S/C13H16FN3/c1-10-16-8-13(7-15-2)17(10)9-11-3-5-12(14)6-4-11/h3-6,8,15H,7,9H2,1-2H3. The minimum Gasteiger partial charge on any atom is -0.327 e. The number of halogens is 1. The Morgan fingerprint density at radius 2 is 2.00 bits per heavy atom. The Labute approximate surface area is 100 Å². The van der Waals surface area contributed by atoms with Crippen molar-refractivity contribution in [3.05, 3.63) is 53.4 Å². The van der Waals surface area contributed by atoms with Crippen LogP contribution in [0.1, 0.15) is 17.1 Å². The van der Waals surface area contributed by atoms with Crippen molar-refractivity contribution in [2.24, 2.45) is 0 Å². The first-order chi connectivity index (χ1) is 8.20. The topological polar surface area (TPSA) is 29.9 Å². The fraction of sp³-hybridized carbons (Fsp3) is 0.308. The number of hydrogen-bond donors (Lipinski definition) is 1. The fourth-order valence-corrected chi connectivity index (χ4v) is 1.83. The molecule has 1 aromatic heterocycles. The molecule has 0 amide bonds. The van der Waals surface area contributed by atoms with Gasteiger partial charge < -0.3 is 9.88 Å². The number of nitrogens with one attached hydrogen (secondary N) is 1. The average Bonchev–Trinajstić information content (AvgIpc) is 2.65. The molecule has 0 unspecified atom stereocenters. The van der Waals surface area contributed by atoms with Gasteiger partial charge in [-0.1, -0.05) is 12.1 Å². The summed E-state index contributed by atoms with van der Waals surface area (Å²) in [6, 6.07) is 6.58. The molecule has 3 nitrogen and oxygen atoms in total. The van der Waals surface area contributed by atoms with Crippen molar-refractivity contribution in [2.45, 2.75) is 20.0 Å². The lowest BCUT2D eigenvalue weighted by Gasteiger charge is -2.10. The predicted octanol–water partition coefficient (Wildman–Crippen LogP) is 2.10. The lowest BCUT2D eigenvalue weighted by atomic mass is 10.2. The van der Waals surface area contributed by atoms with Crippen molar-refractivity contribution in [3.63, 3.8) is 0 Å². The van der Waals surface area contributed by atoms with Gasteiger partial charge in [-0.25, -0.2) is 9.37 Å². The van der Waals surface area contributed by atoms with Gasteiger partial charge in [0.25, 0.3) is 0 Å². The molecule has 17 heavy (non-hydrogen) atoms. The Morgan fingerprint density at radius 3 is 2.65 bits per heavy atom. The minimum absolute atomic E-state index is 0.202. The zero-order chi connectivity index (χ0) is 12.3. The summed E-state index contributed by atoms with van der Waals surface area (Å²) in [5.74, 6) is 0.770. The molecule has 0 bridgehead atoms. The number of hydrogen-bond acceptors (Lipinski definition) is 2. The first kappa shape index (κ1) is 11.8. The lowest BCUT2D eigenvalue weighted by Crippen LogP contribution is -2.12. The molecule has 0 saturated carbocycles. The Kier molecular flexibility index (Phi) is 3.54. The van der Waals surface area contributed by atoms with Gasteiger partial charge in [0.1, 0.15) is 11.6 Å². The van der Waals surface area contributed by atoms with E-state index in [9.17, 15) is 4.39 Å². The highest BCUT2D eigenvalue weighted by atomic mass is 19.1. The zero-order valence-electron chi connectivity index (χ0n) is 10.1. The highest BCUT2D eigenvalue weighted by molar-refractivity contribution is 5.18. The van der Waals surface area contributed by atoms with E-state index in [-0.39, 0.29) is 5.82 Å². The molecule has 0 radical (unpaired) electrons. The molecule has 1 aromatic carbocycles. The molecule has 0 fully saturated rings. The summed E-state index contributed by atoms with van der Waals surface area (Å²) in [5, 5.41) is 3.11. The molecule has 0 saturated heterocycles. The number of rotatable bonds is 4. The van der Waals surface area contributed by atoms with Crippen LogP contribution in [0, 0.1) is 12.7 Å². The van der Waals surface area contributed by atoms with Gasteiger partial charge in [0.2, 0.25) is 0 Å². The van der Waals surface area contributed by atoms with Gasteiger partial charge in [0.05, 0.1) is 5.69 Å². The molecule has 1 heterocycles. The maximum atomic E-state index is 12.8.